The number of nitrogens with zero attached hydrogens (tertiary/aromatic N) is 1. The lowest BCUT2D eigenvalue weighted by atomic mass is 10.1. The van der Waals surface area contributed by atoms with Gasteiger partial charge in [0.2, 0.25) is 0 Å². The normalized spacial score (nSPS) is 10.3. The highest BCUT2D eigenvalue weighted by molar-refractivity contribution is 6.31. The Balaban J connectivity index is 1.80. The minimum atomic E-state index is -0.250. The van der Waals surface area contributed by atoms with Crippen LogP contribution >= 0.6 is 11.6 Å². The van der Waals surface area contributed by atoms with Crippen LogP contribution in [0.2, 0.25) is 5.02 Å². The summed E-state index contributed by atoms with van der Waals surface area (Å²) < 4.78 is 5.06. The molecule has 0 atom stereocenters. The molecular formula is C14H16ClN3O2. The Kier molecular flexibility index (Phi) is 4.63. The number of rotatable bonds is 4. The number of halogens is 1. The van der Waals surface area contributed by atoms with E-state index in [1.165, 1.54) is 6.39 Å². The van der Waals surface area contributed by atoms with Crippen molar-refractivity contribution >= 4 is 17.6 Å². The van der Waals surface area contributed by atoms with Crippen molar-refractivity contribution in [3.05, 3.63) is 52.2 Å². The molecule has 0 radical (unpaired) electrons. The van der Waals surface area contributed by atoms with Crippen molar-refractivity contribution in [2.24, 2.45) is 0 Å². The van der Waals surface area contributed by atoms with Gasteiger partial charge in [-0.25, -0.2) is 9.78 Å². The number of hydrogen-bond donors (Lipinski definition) is 2. The lowest BCUT2D eigenvalue weighted by molar-refractivity contribution is 0.240. The second kappa shape index (κ2) is 6.43. The summed E-state index contributed by atoms with van der Waals surface area (Å²) in [6, 6.07) is 5.41. The molecule has 0 saturated carbocycles. The van der Waals surface area contributed by atoms with E-state index in [1.807, 2.05) is 25.1 Å². The molecule has 106 valence electrons. The van der Waals surface area contributed by atoms with Gasteiger partial charge in [-0.1, -0.05) is 23.7 Å². The zero-order chi connectivity index (χ0) is 14.5. The Morgan fingerprint density at radius 2 is 2.05 bits per heavy atom. The number of amides is 2. The van der Waals surface area contributed by atoms with Crippen LogP contribution < -0.4 is 10.6 Å². The van der Waals surface area contributed by atoms with Crippen molar-refractivity contribution in [1.82, 2.24) is 15.6 Å². The van der Waals surface area contributed by atoms with Crippen molar-refractivity contribution < 1.29 is 9.21 Å². The number of aryl methyl sites for hydroxylation is 2. The molecule has 2 amide bonds. The average Bonchev–Trinajstić information content (AvgIpc) is 2.83. The summed E-state index contributed by atoms with van der Waals surface area (Å²) in [6.45, 7) is 4.52. The van der Waals surface area contributed by atoms with E-state index in [1.54, 1.807) is 6.92 Å². The van der Waals surface area contributed by atoms with Crippen LogP contribution in [0.25, 0.3) is 0 Å². The third-order valence-electron chi connectivity index (χ3n) is 2.94. The highest BCUT2D eigenvalue weighted by Gasteiger charge is 2.06. The second-order valence-corrected chi connectivity index (χ2v) is 4.88. The summed E-state index contributed by atoms with van der Waals surface area (Å²) in [5.41, 5.74) is 2.71. The first-order valence-corrected chi connectivity index (χ1v) is 6.59. The zero-order valence-corrected chi connectivity index (χ0v) is 12.1. The predicted molar refractivity (Wildman–Crippen MR) is 76.5 cm³/mol. The minimum absolute atomic E-state index is 0.250. The summed E-state index contributed by atoms with van der Waals surface area (Å²) in [4.78, 5) is 15.7. The maximum absolute atomic E-state index is 11.7. The molecule has 0 fully saturated rings. The SMILES string of the molecule is Cc1cc(CNC(=O)NCc2ncoc2C)ccc1Cl. The molecule has 0 aliphatic carbocycles. The quantitative estimate of drug-likeness (QED) is 0.911. The number of aromatic nitrogens is 1. The molecule has 2 N–H and O–H groups in total. The van der Waals surface area contributed by atoms with Gasteiger partial charge in [0.15, 0.2) is 6.39 Å². The van der Waals surface area contributed by atoms with Gasteiger partial charge in [0, 0.05) is 11.6 Å². The van der Waals surface area contributed by atoms with Gasteiger partial charge in [-0.2, -0.15) is 0 Å². The molecule has 2 rings (SSSR count). The monoisotopic (exact) mass is 293 g/mol. The first-order valence-electron chi connectivity index (χ1n) is 6.22. The van der Waals surface area contributed by atoms with Crippen molar-refractivity contribution in [3.8, 4) is 0 Å². The lowest BCUT2D eigenvalue weighted by Crippen LogP contribution is -2.34. The molecule has 0 spiro atoms. The zero-order valence-electron chi connectivity index (χ0n) is 11.4. The predicted octanol–water partition coefficient (Wildman–Crippen LogP) is 2.94. The fraction of sp³-hybridized carbons (Fsp3) is 0.286. The summed E-state index contributed by atoms with van der Waals surface area (Å²) in [5.74, 6) is 0.707. The van der Waals surface area contributed by atoms with Crippen LogP contribution in [0, 0.1) is 13.8 Å². The average molecular weight is 294 g/mol. The van der Waals surface area contributed by atoms with Crippen LogP contribution in [-0.2, 0) is 13.1 Å². The third kappa shape index (κ3) is 3.74. The summed E-state index contributed by atoms with van der Waals surface area (Å²) in [6.07, 6.45) is 1.36. The van der Waals surface area contributed by atoms with Gasteiger partial charge < -0.3 is 15.1 Å². The van der Waals surface area contributed by atoms with Gasteiger partial charge in [-0.15, -0.1) is 0 Å². The molecule has 5 nitrogen and oxygen atoms in total. The molecule has 0 bridgehead atoms. The highest BCUT2D eigenvalue weighted by atomic mass is 35.5. The number of hydrogen-bond acceptors (Lipinski definition) is 3. The van der Waals surface area contributed by atoms with E-state index in [2.05, 4.69) is 15.6 Å². The first kappa shape index (κ1) is 14.4. The van der Waals surface area contributed by atoms with E-state index in [0.717, 1.165) is 21.8 Å². The van der Waals surface area contributed by atoms with Crippen LogP contribution in [0.5, 0.6) is 0 Å². The summed E-state index contributed by atoms with van der Waals surface area (Å²) in [7, 11) is 0. The minimum Gasteiger partial charge on any atom is -0.448 e. The van der Waals surface area contributed by atoms with E-state index in [9.17, 15) is 4.79 Å². The van der Waals surface area contributed by atoms with Gasteiger partial charge in [-0.05, 0) is 31.0 Å². The second-order valence-electron chi connectivity index (χ2n) is 4.48. The molecule has 0 aliphatic heterocycles. The molecule has 1 aromatic heterocycles. The van der Waals surface area contributed by atoms with Crippen LogP contribution in [-0.4, -0.2) is 11.0 Å². The molecule has 0 aliphatic rings. The van der Waals surface area contributed by atoms with Gasteiger partial charge in [-0.3, -0.25) is 0 Å². The number of oxazole rings is 1. The largest absolute Gasteiger partial charge is 0.448 e. The van der Waals surface area contributed by atoms with E-state index in [0.29, 0.717) is 18.8 Å². The fourth-order valence-corrected chi connectivity index (χ4v) is 1.84. The van der Waals surface area contributed by atoms with Crippen molar-refractivity contribution in [3.63, 3.8) is 0 Å². The van der Waals surface area contributed by atoms with Crippen LogP contribution in [0.15, 0.2) is 29.0 Å². The lowest BCUT2D eigenvalue weighted by Gasteiger charge is -2.08. The van der Waals surface area contributed by atoms with E-state index in [4.69, 9.17) is 16.0 Å². The van der Waals surface area contributed by atoms with Gasteiger partial charge in [0.05, 0.1) is 6.54 Å². The summed E-state index contributed by atoms with van der Waals surface area (Å²) >= 11 is 5.95. The fourth-order valence-electron chi connectivity index (χ4n) is 1.72. The Labute approximate surface area is 122 Å². The Morgan fingerprint density at radius 1 is 1.30 bits per heavy atom. The Hall–Kier alpha value is -2.01. The molecule has 20 heavy (non-hydrogen) atoms. The number of carbonyl (C=O) groups excluding carboxylic acids is 1. The van der Waals surface area contributed by atoms with Crippen LogP contribution in [0.1, 0.15) is 22.6 Å². The summed E-state index contributed by atoms with van der Waals surface area (Å²) in [5, 5.41) is 6.22. The van der Waals surface area contributed by atoms with Crippen molar-refractivity contribution in [2.75, 3.05) is 0 Å². The Morgan fingerprint density at radius 3 is 2.70 bits per heavy atom. The molecule has 1 aromatic carbocycles. The molecule has 6 heteroatoms. The molecule has 2 aromatic rings. The molecule has 1 heterocycles. The van der Waals surface area contributed by atoms with Crippen molar-refractivity contribution in [2.45, 2.75) is 26.9 Å². The molecule has 0 saturated heterocycles. The van der Waals surface area contributed by atoms with Crippen LogP contribution in [0.4, 0.5) is 4.79 Å². The van der Waals surface area contributed by atoms with E-state index < -0.39 is 0 Å². The topological polar surface area (TPSA) is 67.2 Å². The van der Waals surface area contributed by atoms with Gasteiger partial charge >= 0.3 is 6.03 Å². The number of nitrogens with one attached hydrogen (secondary N) is 2. The number of carbonyl (C=O) groups is 1. The first-order chi connectivity index (χ1) is 9.56. The van der Waals surface area contributed by atoms with Crippen LogP contribution in [0.3, 0.4) is 0 Å². The third-order valence-corrected chi connectivity index (χ3v) is 3.36. The maximum atomic E-state index is 11.7. The van der Waals surface area contributed by atoms with E-state index in [-0.39, 0.29) is 6.03 Å². The molecule has 0 unspecified atom stereocenters. The molecular weight excluding hydrogens is 278 g/mol. The van der Waals surface area contributed by atoms with Gasteiger partial charge in [0.1, 0.15) is 11.5 Å². The maximum Gasteiger partial charge on any atom is 0.315 e. The number of urea groups is 1. The standard InChI is InChI=1S/C14H16ClN3O2/c1-9-5-11(3-4-12(9)15)6-16-14(19)17-7-13-10(2)20-8-18-13/h3-5,8H,6-7H2,1-2H3,(H2,16,17,19). The number of benzene rings is 1. The smallest absolute Gasteiger partial charge is 0.315 e. The van der Waals surface area contributed by atoms with Crippen molar-refractivity contribution in [1.29, 1.82) is 0 Å². The highest BCUT2D eigenvalue weighted by Crippen LogP contribution is 2.16. The van der Waals surface area contributed by atoms with Gasteiger partial charge in [0.25, 0.3) is 0 Å². The Bertz CT molecular complexity index is 610. The van der Waals surface area contributed by atoms with E-state index >= 15 is 0 Å².